The van der Waals surface area contributed by atoms with Crippen LogP contribution in [0, 0.1) is 0 Å². The predicted octanol–water partition coefficient (Wildman–Crippen LogP) is 4.53. The Morgan fingerprint density at radius 3 is 2.55 bits per heavy atom. The summed E-state index contributed by atoms with van der Waals surface area (Å²) in [5.41, 5.74) is 1.91. The van der Waals surface area contributed by atoms with Gasteiger partial charge in [0.05, 0.1) is 5.56 Å². The van der Waals surface area contributed by atoms with Gasteiger partial charge in [-0.05, 0) is 40.2 Å². The SMILES string of the molecule is O=C(O)c1ccc(-c2nc(-c3ccc(Br)o3)cs2)cc1. The van der Waals surface area contributed by atoms with Crippen LogP contribution in [-0.2, 0) is 0 Å². The Hall–Kier alpha value is -1.92. The number of halogens is 1. The average molecular weight is 350 g/mol. The van der Waals surface area contributed by atoms with Crippen molar-refractivity contribution in [2.45, 2.75) is 0 Å². The van der Waals surface area contributed by atoms with Crippen molar-refractivity contribution in [1.82, 2.24) is 4.98 Å². The summed E-state index contributed by atoms with van der Waals surface area (Å²) in [6.07, 6.45) is 0. The van der Waals surface area contributed by atoms with E-state index in [4.69, 9.17) is 9.52 Å². The summed E-state index contributed by atoms with van der Waals surface area (Å²) in [6, 6.07) is 10.3. The van der Waals surface area contributed by atoms with Crippen molar-refractivity contribution in [2.75, 3.05) is 0 Å². The van der Waals surface area contributed by atoms with Gasteiger partial charge in [0.25, 0.3) is 0 Å². The van der Waals surface area contributed by atoms with Gasteiger partial charge in [0.1, 0.15) is 10.7 Å². The number of rotatable bonds is 3. The Morgan fingerprint density at radius 2 is 1.95 bits per heavy atom. The van der Waals surface area contributed by atoms with Crippen LogP contribution in [0.25, 0.3) is 22.0 Å². The van der Waals surface area contributed by atoms with Crippen molar-refractivity contribution in [3.8, 4) is 22.0 Å². The minimum atomic E-state index is -0.934. The Kier molecular flexibility index (Phi) is 3.42. The van der Waals surface area contributed by atoms with Gasteiger partial charge in [-0.15, -0.1) is 11.3 Å². The minimum Gasteiger partial charge on any atom is -0.478 e. The molecule has 20 heavy (non-hydrogen) atoms. The number of furan rings is 1. The zero-order valence-corrected chi connectivity index (χ0v) is 12.4. The molecule has 0 saturated heterocycles. The van der Waals surface area contributed by atoms with E-state index in [1.165, 1.54) is 11.3 Å². The Labute approximate surface area is 126 Å². The molecule has 100 valence electrons. The van der Waals surface area contributed by atoms with Crippen LogP contribution >= 0.6 is 27.3 Å². The normalized spacial score (nSPS) is 10.7. The van der Waals surface area contributed by atoms with Crippen LogP contribution in [0.15, 0.2) is 50.9 Å². The molecule has 3 aromatic rings. The highest BCUT2D eigenvalue weighted by molar-refractivity contribution is 9.10. The summed E-state index contributed by atoms with van der Waals surface area (Å²) in [6.45, 7) is 0. The van der Waals surface area contributed by atoms with Gasteiger partial charge in [-0.25, -0.2) is 9.78 Å². The van der Waals surface area contributed by atoms with Crippen LogP contribution in [0.3, 0.4) is 0 Å². The van der Waals surface area contributed by atoms with Gasteiger partial charge in [-0.3, -0.25) is 0 Å². The van der Waals surface area contributed by atoms with E-state index in [1.54, 1.807) is 24.3 Å². The third kappa shape index (κ3) is 2.52. The van der Waals surface area contributed by atoms with Crippen molar-refractivity contribution < 1.29 is 14.3 Å². The smallest absolute Gasteiger partial charge is 0.335 e. The number of carboxylic acids is 1. The predicted molar refractivity (Wildman–Crippen MR) is 79.9 cm³/mol. The number of nitrogens with zero attached hydrogens (tertiary/aromatic N) is 1. The summed E-state index contributed by atoms with van der Waals surface area (Å²) in [4.78, 5) is 15.3. The molecule has 0 aliphatic rings. The monoisotopic (exact) mass is 349 g/mol. The van der Waals surface area contributed by atoms with E-state index < -0.39 is 5.97 Å². The van der Waals surface area contributed by atoms with E-state index >= 15 is 0 Å². The minimum absolute atomic E-state index is 0.264. The molecule has 0 radical (unpaired) electrons. The second-order valence-electron chi connectivity index (χ2n) is 4.02. The van der Waals surface area contributed by atoms with Crippen LogP contribution < -0.4 is 0 Å². The molecule has 6 heteroatoms. The number of carboxylic acid groups (broad SMARTS) is 1. The second-order valence-corrected chi connectivity index (χ2v) is 5.66. The lowest BCUT2D eigenvalue weighted by atomic mass is 10.1. The van der Waals surface area contributed by atoms with Crippen LogP contribution in [0.2, 0.25) is 0 Å². The number of hydrogen-bond donors (Lipinski definition) is 1. The van der Waals surface area contributed by atoms with Crippen molar-refractivity contribution in [2.24, 2.45) is 0 Å². The lowest BCUT2D eigenvalue weighted by molar-refractivity contribution is 0.0697. The molecule has 0 bridgehead atoms. The van der Waals surface area contributed by atoms with E-state index in [0.717, 1.165) is 16.3 Å². The van der Waals surface area contributed by atoms with Gasteiger partial charge in [0.15, 0.2) is 10.4 Å². The molecule has 0 aliphatic heterocycles. The first kappa shape index (κ1) is 13.1. The van der Waals surface area contributed by atoms with E-state index in [9.17, 15) is 4.79 Å². The number of thiazole rings is 1. The van der Waals surface area contributed by atoms with Crippen molar-refractivity contribution in [1.29, 1.82) is 0 Å². The van der Waals surface area contributed by atoms with E-state index in [1.807, 2.05) is 17.5 Å². The van der Waals surface area contributed by atoms with Crippen LogP contribution in [0.5, 0.6) is 0 Å². The third-order valence-electron chi connectivity index (χ3n) is 2.71. The number of carbonyl (C=O) groups is 1. The molecule has 2 aromatic heterocycles. The number of hydrogen-bond acceptors (Lipinski definition) is 4. The average Bonchev–Trinajstić information content (AvgIpc) is 3.07. The standard InChI is InChI=1S/C14H8BrNO3S/c15-12-6-5-11(19-12)10-7-20-13(16-10)8-1-3-9(4-2-8)14(17)18/h1-7H,(H,17,18). The van der Waals surface area contributed by atoms with E-state index in [0.29, 0.717) is 10.4 Å². The molecule has 0 aliphatic carbocycles. The highest BCUT2D eigenvalue weighted by Crippen LogP contribution is 2.30. The lowest BCUT2D eigenvalue weighted by Gasteiger charge is -1.97. The molecule has 0 fully saturated rings. The molecule has 0 amide bonds. The fraction of sp³-hybridized carbons (Fsp3) is 0. The lowest BCUT2D eigenvalue weighted by Crippen LogP contribution is -1.94. The molecule has 1 N–H and O–H groups in total. The van der Waals surface area contributed by atoms with Gasteiger partial charge in [0.2, 0.25) is 0 Å². The largest absolute Gasteiger partial charge is 0.478 e. The molecular formula is C14H8BrNO3S. The summed E-state index contributed by atoms with van der Waals surface area (Å²) < 4.78 is 6.11. The molecular weight excluding hydrogens is 342 g/mol. The molecule has 0 atom stereocenters. The first-order chi connectivity index (χ1) is 9.63. The van der Waals surface area contributed by atoms with Gasteiger partial charge in [0, 0.05) is 10.9 Å². The highest BCUT2D eigenvalue weighted by atomic mass is 79.9. The highest BCUT2D eigenvalue weighted by Gasteiger charge is 2.10. The maximum Gasteiger partial charge on any atom is 0.335 e. The third-order valence-corrected chi connectivity index (χ3v) is 4.03. The molecule has 0 spiro atoms. The van der Waals surface area contributed by atoms with Crippen molar-refractivity contribution in [3.05, 3.63) is 52.0 Å². The molecule has 2 heterocycles. The van der Waals surface area contributed by atoms with Crippen molar-refractivity contribution >= 4 is 33.2 Å². The van der Waals surface area contributed by atoms with Crippen LogP contribution in [0.1, 0.15) is 10.4 Å². The molecule has 3 rings (SSSR count). The maximum atomic E-state index is 10.8. The van der Waals surface area contributed by atoms with E-state index in [2.05, 4.69) is 20.9 Å². The molecule has 0 saturated carbocycles. The zero-order valence-electron chi connectivity index (χ0n) is 10.0. The van der Waals surface area contributed by atoms with Crippen molar-refractivity contribution in [3.63, 3.8) is 0 Å². The maximum absolute atomic E-state index is 10.8. The summed E-state index contributed by atoms with van der Waals surface area (Å²) >= 11 is 4.74. The zero-order chi connectivity index (χ0) is 14.1. The van der Waals surface area contributed by atoms with Gasteiger partial charge in [-0.1, -0.05) is 12.1 Å². The first-order valence-electron chi connectivity index (χ1n) is 5.68. The van der Waals surface area contributed by atoms with Gasteiger partial charge in [-0.2, -0.15) is 0 Å². The topological polar surface area (TPSA) is 63.3 Å². The van der Waals surface area contributed by atoms with Gasteiger partial charge >= 0.3 is 5.97 Å². The Bertz CT molecular complexity index is 761. The fourth-order valence-electron chi connectivity index (χ4n) is 1.73. The van der Waals surface area contributed by atoms with Gasteiger partial charge < -0.3 is 9.52 Å². The quantitative estimate of drug-likeness (QED) is 0.754. The number of benzene rings is 1. The Morgan fingerprint density at radius 1 is 1.20 bits per heavy atom. The molecule has 1 aromatic carbocycles. The Balaban J connectivity index is 1.91. The summed E-state index contributed by atoms with van der Waals surface area (Å²) in [7, 11) is 0. The first-order valence-corrected chi connectivity index (χ1v) is 7.36. The number of aromatic carboxylic acids is 1. The summed E-state index contributed by atoms with van der Waals surface area (Å²) in [5.74, 6) is -0.238. The van der Waals surface area contributed by atoms with E-state index in [-0.39, 0.29) is 5.56 Å². The fourth-order valence-corrected chi connectivity index (χ4v) is 2.85. The molecule has 0 unspecified atom stereocenters. The van der Waals surface area contributed by atoms with Crippen LogP contribution in [-0.4, -0.2) is 16.1 Å². The second kappa shape index (κ2) is 5.22. The molecule has 4 nitrogen and oxygen atoms in total. The summed E-state index contributed by atoms with van der Waals surface area (Å²) in [5, 5.41) is 11.6. The number of aromatic nitrogens is 1. The van der Waals surface area contributed by atoms with Crippen LogP contribution in [0.4, 0.5) is 0 Å².